The number of rotatable bonds is 6. The number of nitrogens with zero attached hydrogens (tertiary/aromatic N) is 1. The Labute approximate surface area is 130 Å². The highest BCUT2D eigenvalue weighted by Crippen LogP contribution is 2.18. The van der Waals surface area contributed by atoms with Crippen molar-refractivity contribution in [2.75, 3.05) is 13.7 Å². The van der Waals surface area contributed by atoms with Gasteiger partial charge in [0.25, 0.3) is 5.91 Å². The van der Waals surface area contributed by atoms with Crippen LogP contribution < -0.4 is 10.1 Å². The van der Waals surface area contributed by atoms with Crippen LogP contribution in [0, 0.1) is 0 Å². The van der Waals surface area contributed by atoms with Gasteiger partial charge in [-0.25, -0.2) is 0 Å². The first-order chi connectivity index (χ1) is 10.5. The van der Waals surface area contributed by atoms with Gasteiger partial charge < -0.3 is 19.7 Å². The van der Waals surface area contributed by atoms with Crippen molar-refractivity contribution in [3.8, 4) is 5.75 Å². The predicted molar refractivity (Wildman–Crippen MR) is 85.1 cm³/mol. The second kappa shape index (κ2) is 7.13. The molecule has 0 aliphatic heterocycles. The quantitative estimate of drug-likeness (QED) is 0.862. The topological polar surface area (TPSA) is 63.5 Å². The van der Waals surface area contributed by atoms with Crippen molar-refractivity contribution in [1.29, 1.82) is 0 Å². The van der Waals surface area contributed by atoms with Gasteiger partial charge in [0.2, 0.25) is 0 Å². The molecule has 1 amide bonds. The zero-order chi connectivity index (χ0) is 16.1. The van der Waals surface area contributed by atoms with Crippen LogP contribution in [0.3, 0.4) is 0 Å². The van der Waals surface area contributed by atoms with Crippen LogP contribution in [0.5, 0.6) is 5.75 Å². The maximum absolute atomic E-state index is 12.2. The van der Waals surface area contributed by atoms with E-state index in [0.717, 1.165) is 0 Å². The van der Waals surface area contributed by atoms with Gasteiger partial charge in [-0.3, -0.25) is 4.79 Å². The second-order valence-corrected chi connectivity index (χ2v) is 5.40. The number of methoxy groups -OCH3 is 1. The van der Waals surface area contributed by atoms with E-state index in [2.05, 4.69) is 5.32 Å². The molecular weight excluding hydrogens is 280 g/mol. The van der Waals surface area contributed by atoms with Crippen LogP contribution in [0.2, 0.25) is 0 Å². The number of hydrogen-bond donors (Lipinski definition) is 2. The monoisotopic (exact) mass is 302 g/mol. The van der Waals surface area contributed by atoms with Gasteiger partial charge in [0.1, 0.15) is 11.4 Å². The molecule has 0 saturated carbocycles. The predicted octanol–water partition coefficient (Wildman–Crippen LogP) is 2.54. The van der Waals surface area contributed by atoms with Crippen LogP contribution in [-0.2, 0) is 0 Å². The summed E-state index contributed by atoms with van der Waals surface area (Å²) in [7, 11) is 1.58. The average molecular weight is 302 g/mol. The largest absolute Gasteiger partial charge is 0.497 e. The van der Waals surface area contributed by atoms with Crippen LogP contribution in [0.4, 0.5) is 0 Å². The first-order valence-corrected chi connectivity index (χ1v) is 7.30. The van der Waals surface area contributed by atoms with E-state index in [-0.39, 0.29) is 18.5 Å². The van der Waals surface area contributed by atoms with Crippen LogP contribution in [0.1, 0.15) is 42.0 Å². The SMILES string of the molecule is COc1cccc(C(O)CNC(=O)c2cccn2C(C)C)c1. The lowest BCUT2D eigenvalue weighted by molar-refractivity contribution is 0.0905. The second-order valence-electron chi connectivity index (χ2n) is 5.40. The van der Waals surface area contributed by atoms with Crippen molar-refractivity contribution in [2.45, 2.75) is 26.0 Å². The van der Waals surface area contributed by atoms with Crippen LogP contribution in [0.15, 0.2) is 42.6 Å². The highest BCUT2D eigenvalue weighted by atomic mass is 16.5. The third-order valence-corrected chi connectivity index (χ3v) is 3.50. The van der Waals surface area contributed by atoms with E-state index < -0.39 is 6.10 Å². The Balaban J connectivity index is 1.99. The Hall–Kier alpha value is -2.27. The summed E-state index contributed by atoms with van der Waals surface area (Å²) in [4.78, 5) is 12.2. The number of amides is 1. The van der Waals surface area contributed by atoms with Gasteiger partial charge in [-0.05, 0) is 43.7 Å². The molecule has 118 valence electrons. The van der Waals surface area contributed by atoms with Crippen LogP contribution in [0.25, 0.3) is 0 Å². The number of ether oxygens (including phenoxy) is 1. The van der Waals surface area contributed by atoms with Crippen molar-refractivity contribution in [3.63, 3.8) is 0 Å². The molecule has 0 aliphatic rings. The number of benzene rings is 1. The number of carbonyl (C=O) groups is 1. The summed E-state index contributed by atoms with van der Waals surface area (Å²) in [5.74, 6) is 0.484. The molecule has 5 heteroatoms. The molecular formula is C17H22N2O3. The molecule has 2 rings (SSSR count). The van der Waals surface area contributed by atoms with Crippen molar-refractivity contribution in [2.24, 2.45) is 0 Å². The fourth-order valence-corrected chi connectivity index (χ4v) is 2.28. The van der Waals surface area contributed by atoms with Gasteiger partial charge in [0.15, 0.2) is 0 Å². The molecule has 0 bridgehead atoms. The molecule has 1 aromatic heterocycles. The summed E-state index contributed by atoms with van der Waals surface area (Å²) in [5, 5.41) is 13.0. The lowest BCUT2D eigenvalue weighted by Crippen LogP contribution is -2.30. The van der Waals surface area contributed by atoms with E-state index in [4.69, 9.17) is 4.74 Å². The smallest absolute Gasteiger partial charge is 0.268 e. The number of carbonyl (C=O) groups excluding carboxylic acids is 1. The van der Waals surface area contributed by atoms with Gasteiger partial charge in [0.05, 0.1) is 13.2 Å². The Kier molecular flexibility index (Phi) is 5.22. The fourth-order valence-electron chi connectivity index (χ4n) is 2.28. The van der Waals surface area contributed by atoms with E-state index in [1.165, 1.54) is 0 Å². The minimum Gasteiger partial charge on any atom is -0.497 e. The lowest BCUT2D eigenvalue weighted by Gasteiger charge is -2.15. The standard InChI is InChI=1S/C17H22N2O3/c1-12(2)19-9-5-8-15(19)17(21)18-11-16(20)13-6-4-7-14(10-13)22-3/h4-10,12,16,20H,11H2,1-3H3,(H,18,21). The molecule has 1 unspecified atom stereocenters. The van der Waals surface area contributed by atoms with E-state index in [1.807, 2.05) is 42.8 Å². The highest BCUT2D eigenvalue weighted by Gasteiger charge is 2.15. The molecule has 22 heavy (non-hydrogen) atoms. The molecule has 1 atom stereocenters. The molecule has 2 N–H and O–H groups in total. The molecule has 5 nitrogen and oxygen atoms in total. The summed E-state index contributed by atoms with van der Waals surface area (Å²) >= 11 is 0. The van der Waals surface area contributed by atoms with Crippen molar-refractivity contribution >= 4 is 5.91 Å². The van der Waals surface area contributed by atoms with Gasteiger partial charge in [0, 0.05) is 18.8 Å². The number of nitrogens with one attached hydrogen (secondary N) is 1. The van der Waals surface area contributed by atoms with E-state index >= 15 is 0 Å². The van der Waals surface area contributed by atoms with Gasteiger partial charge in [-0.1, -0.05) is 12.1 Å². The summed E-state index contributed by atoms with van der Waals surface area (Å²) in [6.07, 6.45) is 1.10. The highest BCUT2D eigenvalue weighted by molar-refractivity contribution is 5.92. The molecule has 0 radical (unpaired) electrons. The van der Waals surface area contributed by atoms with E-state index in [1.54, 1.807) is 25.3 Å². The maximum Gasteiger partial charge on any atom is 0.268 e. The molecule has 1 aromatic carbocycles. The third kappa shape index (κ3) is 3.68. The Morgan fingerprint density at radius 3 is 2.77 bits per heavy atom. The first-order valence-electron chi connectivity index (χ1n) is 7.30. The number of aliphatic hydroxyl groups is 1. The number of aliphatic hydroxyl groups excluding tert-OH is 1. The van der Waals surface area contributed by atoms with Crippen molar-refractivity contribution in [3.05, 3.63) is 53.9 Å². The zero-order valence-corrected chi connectivity index (χ0v) is 13.1. The molecule has 0 spiro atoms. The Morgan fingerprint density at radius 1 is 1.32 bits per heavy atom. The Bertz CT molecular complexity index is 634. The molecule has 0 fully saturated rings. The fraction of sp³-hybridized carbons (Fsp3) is 0.353. The van der Waals surface area contributed by atoms with E-state index in [0.29, 0.717) is 17.0 Å². The number of aromatic nitrogens is 1. The summed E-state index contributed by atoms with van der Waals surface area (Å²) in [5.41, 5.74) is 1.30. The molecule has 2 aromatic rings. The minimum atomic E-state index is -0.776. The van der Waals surface area contributed by atoms with Crippen LogP contribution in [-0.4, -0.2) is 29.2 Å². The maximum atomic E-state index is 12.2. The van der Waals surface area contributed by atoms with Gasteiger partial charge in [-0.15, -0.1) is 0 Å². The molecule has 0 saturated heterocycles. The zero-order valence-electron chi connectivity index (χ0n) is 13.1. The first kappa shape index (κ1) is 16.1. The van der Waals surface area contributed by atoms with Crippen molar-refractivity contribution in [1.82, 2.24) is 9.88 Å². The molecule has 0 aliphatic carbocycles. The normalized spacial score (nSPS) is 12.2. The average Bonchev–Trinajstić information content (AvgIpc) is 3.02. The molecule has 1 heterocycles. The summed E-state index contributed by atoms with van der Waals surface area (Å²) in [6, 6.07) is 11.0. The van der Waals surface area contributed by atoms with E-state index in [9.17, 15) is 9.90 Å². The third-order valence-electron chi connectivity index (χ3n) is 3.50. The number of hydrogen-bond acceptors (Lipinski definition) is 3. The van der Waals surface area contributed by atoms with Gasteiger partial charge >= 0.3 is 0 Å². The lowest BCUT2D eigenvalue weighted by atomic mass is 10.1. The van der Waals surface area contributed by atoms with Crippen molar-refractivity contribution < 1.29 is 14.6 Å². The van der Waals surface area contributed by atoms with Crippen LogP contribution >= 0.6 is 0 Å². The minimum absolute atomic E-state index is 0.148. The van der Waals surface area contributed by atoms with Gasteiger partial charge in [-0.2, -0.15) is 0 Å². The summed E-state index contributed by atoms with van der Waals surface area (Å²) in [6.45, 7) is 4.18. The Morgan fingerprint density at radius 2 is 2.09 bits per heavy atom. The summed E-state index contributed by atoms with van der Waals surface area (Å²) < 4.78 is 7.03.